The Hall–Kier alpha value is -2.20. The molecule has 1 rings (SSSR count). The number of hydrogen-bond donors (Lipinski definition) is 5. The highest BCUT2D eigenvalue weighted by molar-refractivity contribution is 5.92. The van der Waals surface area contributed by atoms with Gasteiger partial charge < -0.3 is 32.5 Å². The Labute approximate surface area is 152 Å². The van der Waals surface area contributed by atoms with Crippen molar-refractivity contribution in [3.63, 3.8) is 0 Å². The molecule has 1 aliphatic rings. The van der Waals surface area contributed by atoms with E-state index >= 15 is 0 Å². The van der Waals surface area contributed by atoms with Gasteiger partial charge in [0.25, 0.3) is 0 Å². The molecule has 0 radical (unpaired) electrons. The van der Waals surface area contributed by atoms with Crippen LogP contribution in [-0.2, 0) is 19.2 Å². The largest absolute Gasteiger partial charge is 0.480 e. The van der Waals surface area contributed by atoms with Crippen LogP contribution < -0.4 is 22.5 Å². The molecule has 0 unspecified atom stereocenters. The van der Waals surface area contributed by atoms with Crippen LogP contribution in [0.2, 0.25) is 0 Å². The van der Waals surface area contributed by atoms with Gasteiger partial charge in [0.2, 0.25) is 17.7 Å². The van der Waals surface area contributed by atoms with Gasteiger partial charge in [0.1, 0.15) is 12.1 Å². The summed E-state index contributed by atoms with van der Waals surface area (Å²) in [5.74, 6) is -2.75. The molecule has 8 N–H and O–H groups in total. The molecule has 1 saturated heterocycles. The summed E-state index contributed by atoms with van der Waals surface area (Å²) in [5, 5.41) is 11.8. The molecular formula is C16H29N5O5. The number of aliphatic carboxylic acids is 1. The SMILES string of the molecule is NCCCC[C@H](N)C(=O)N[C@@H](CCC(N)=O)C(=O)N1CCC[C@H]1C(=O)O. The Kier molecular flexibility index (Phi) is 9.00. The van der Waals surface area contributed by atoms with Crippen molar-refractivity contribution in [3.05, 3.63) is 0 Å². The van der Waals surface area contributed by atoms with Crippen LogP contribution in [-0.4, -0.2) is 64.9 Å². The van der Waals surface area contributed by atoms with Gasteiger partial charge in [-0.05, 0) is 38.6 Å². The molecule has 0 bridgehead atoms. The number of nitrogens with one attached hydrogen (secondary N) is 1. The second kappa shape index (κ2) is 10.7. The lowest BCUT2D eigenvalue weighted by atomic mass is 10.1. The number of carbonyl (C=O) groups excluding carboxylic acids is 3. The zero-order valence-corrected chi connectivity index (χ0v) is 14.9. The van der Waals surface area contributed by atoms with Crippen LogP contribution in [0.15, 0.2) is 0 Å². The van der Waals surface area contributed by atoms with E-state index in [1.54, 1.807) is 0 Å². The standard InChI is InChI=1S/C16H29N5O5/c17-8-2-1-4-10(18)14(23)20-11(6-7-13(19)22)15(24)21-9-3-5-12(21)16(25)26/h10-12H,1-9,17-18H2,(H2,19,22)(H,20,23)(H,25,26)/t10-,11-,12-/m0/s1. The third-order valence-corrected chi connectivity index (χ3v) is 4.42. The molecule has 10 nitrogen and oxygen atoms in total. The summed E-state index contributed by atoms with van der Waals surface area (Å²) in [6.07, 6.45) is 2.65. The molecule has 3 atom stereocenters. The monoisotopic (exact) mass is 371 g/mol. The van der Waals surface area contributed by atoms with Crippen molar-refractivity contribution in [3.8, 4) is 0 Å². The lowest BCUT2D eigenvalue weighted by molar-refractivity contribution is -0.149. The summed E-state index contributed by atoms with van der Waals surface area (Å²) in [7, 11) is 0. The van der Waals surface area contributed by atoms with Crippen molar-refractivity contribution >= 4 is 23.7 Å². The summed E-state index contributed by atoms with van der Waals surface area (Å²) in [5.41, 5.74) is 16.4. The molecule has 0 aliphatic carbocycles. The molecule has 1 aliphatic heterocycles. The zero-order valence-electron chi connectivity index (χ0n) is 14.9. The molecule has 148 valence electrons. The maximum Gasteiger partial charge on any atom is 0.326 e. The minimum atomic E-state index is -1.09. The summed E-state index contributed by atoms with van der Waals surface area (Å²) in [6, 6.07) is -2.76. The second-order valence-corrected chi connectivity index (χ2v) is 6.49. The number of rotatable bonds is 11. The number of nitrogens with zero attached hydrogens (tertiary/aromatic N) is 1. The first kappa shape index (κ1) is 21.8. The number of primary amides is 1. The Morgan fingerprint density at radius 3 is 2.46 bits per heavy atom. The van der Waals surface area contributed by atoms with E-state index in [-0.39, 0.29) is 12.8 Å². The van der Waals surface area contributed by atoms with Gasteiger partial charge in [-0.1, -0.05) is 6.42 Å². The Morgan fingerprint density at radius 2 is 1.88 bits per heavy atom. The third-order valence-electron chi connectivity index (χ3n) is 4.42. The first-order valence-electron chi connectivity index (χ1n) is 8.85. The summed E-state index contributed by atoms with van der Waals surface area (Å²) >= 11 is 0. The topological polar surface area (TPSA) is 182 Å². The normalized spacial score (nSPS) is 19.0. The smallest absolute Gasteiger partial charge is 0.326 e. The van der Waals surface area contributed by atoms with E-state index in [0.717, 1.165) is 6.42 Å². The molecule has 0 spiro atoms. The number of carboxylic acid groups (broad SMARTS) is 1. The quantitative estimate of drug-likeness (QED) is 0.267. The van der Waals surface area contributed by atoms with Crippen molar-refractivity contribution in [1.82, 2.24) is 10.2 Å². The number of nitrogens with two attached hydrogens (primary N) is 3. The zero-order chi connectivity index (χ0) is 19.7. The van der Waals surface area contributed by atoms with Gasteiger partial charge in [-0.3, -0.25) is 14.4 Å². The van der Waals surface area contributed by atoms with Gasteiger partial charge in [-0.15, -0.1) is 0 Å². The van der Waals surface area contributed by atoms with E-state index < -0.39 is 41.8 Å². The molecule has 0 aromatic rings. The molecule has 10 heteroatoms. The third kappa shape index (κ3) is 6.60. The van der Waals surface area contributed by atoms with Crippen LogP contribution >= 0.6 is 0 Å². The fourth-order valence-electron chi connectivity index (χ4n) is 2.95. The number of hydrogen-bond acceptors (Lipinski definition) is 6. The van der Waals surface area contributed by atoms with Crippen LogP contribution in [0.1, 0.15) is 44.9 Å². The molecule has 0 aromatic heterocycles. The van der Waals surface area contributed by atoms with Crippen LogP contribution in [0.4, 0.5) is 0 Å². The van der Waals surface area contributed by atoms with Crippen molar-refractivity contribution < 1.29 is 24.3 Å². The summed E-state index contributed by atoms with van der Waals surface area (Å²) < 4.78 is 0. The highest BCUT2D eigenvalue weighted by atomic mass is 16.4. The second-order valence-electron chi connectivity index (χ2n) is 6.49. The summed E-state index contributed by atoms with van der Waals surface area (Å²) in [4.78, 5) is 48.6. The van der Waals surface area contributed by atoms with Crippen molar-refractivity contribution in [1.29, 1.82) is 0 Å². The van der Waals surface area contributed by atoms with Crippen molar-refractivity contribution in [2.75, 3.05) is 13.1 Å². The van der Waals surface area contributed by atoms with Gasteiger partial charge in [0, 0.05) is 13.0 Å². The van der Waals surface area contributed by atoms with E-state index in [4.69, 9.17) is 17.2 Å². The molecule has 1 fully saturated rings. The van der Waals surface area contributed by atoms with Crippen LogP contribution in [0.3, 0.4) is 0 Å². The molecular weight excluding hydrogens is 342 g/mol. The number of unbranched alkanes of at least 4 members (excludes halogenated alkanes) is 1. The van der Waals surface area contributed by atoms with E-state index in [0.29, 0.717) is 38.8 Å². The maximum atomic E-state index is 12.7. The van der Waals surface area contributed by atoms with Crippen molar-refractivity contribution in [2.45, 2.75) is 63.1 Å². The van der Waals surface area contributed by atoms with Crippen LogP contribution in [0.5, 0.6) is 0 Å². The molecule has 0 saturated carbocycles. The van der Waals surface area contributed by atoms with Gasteiger partial charge in [-0.25, -0.2) is 4.79 Å². The molecule has 1 heterocycles. The Balaban J connectivity index is 2.77. The van der Waals surface area contributed by atoms with E-state index in [2.05, 4.69) is 5.32 Å². The van der Waals surface area contributed by atoms with Gasteiger partial charge in [-0.2, -0.15) is 0 Å². The number of carbonyl (C=O) groups is 4. The number of carboxylic acids is 1. The minimum Gasteiger partial charge on any atom is -0.480 e. The number of amides is 3. The van der Waals surface area contributed by atoms with E-state index in [9.17, 15) is 24.3 Å². The predicted molar refractivity (Wildman–Crippen MR) is 93.6 cm³/mol. The first-order valence-corrected chi connectivity index (χ1v) is 8.85. The van der Waals surface area contributed by atoms with Crippen molar-refractivity contribution in [2.24, 2.45) is 17.2 Å². The Morgan fingerprint density at radius 1 is 1.19 bits per heavy atom. The minimum absolute atomic E-state index is 0.00172. The molecule has 26 heavy (non-hydrogen) atoms. The van der Waals surface area contributed by atoms with E-state index in [1.807, 2.05) is 0 Å². The highest BCUT2D eigenvalue weighted by Crippen LogP contribution is 2.19. The predicted octanol–water partition coefficient (Wildman–Crippen LogP) is -1.73. The van der Waals surface area contributed by atoms with E-state index in [1.165, 1.54) is 4.90 Å². The number of likely N-dealkylation sites (tertiary alicyclic amines) is 1. The average molecular weight is 371 g/mol. The van der Waals surface area contributed by atoms with Gasteiger partial charge >= 0.3 is 5.97 Å². The fourth-order valence-corrected chi connectivity index (χ4v) is 2.95. The fraction of sp³-hybridized carbons (Fsp3) is 0.750. The average Bonchev–Trinajstić information content (AvgIpc) is 3.07. The molecule has 0 aromatic carbocycles. The van der Waals surface area contributed by atoms with Gasteiger partial charge in [0.05, 0.1) is 6.04 Å². The maximum absolute atomic E-state index is 12.7. The highest BCUT2D eigenvalue weighted by Gasteiger charge is 2.37. The van der Waals surface area contributed by atoms with Crippen LogP contribution in [0.25, 0.3) is 0 Å². The lowest BCUT2D eigenvalue weighted by Gasteiger charge is -2.28. The molecule has 3 amide bonds. The summed E-state index contributed by atoms with van der Waals surface area (Å²) in [6.45, 7) is 0.793. The van der Waals surface area contributed by atoms with Crippen LogP contribution in [0, 0.1) is 0 Å². The van der Waals surface area contributed by atoms with Gasteiger partial charge in [0.15, 0.2) is 0 Å². The Bertz CT molecular complexity index is 527. The first-order chi connectivity index (χ1) is 12.3. The lowest BCUT2D eigenvalue weighted by Crippen LogP contribution is -2.54.